The largest absolute Gasteiger partial charge is 0.573 e. The number of alkyl halides is 3. The third-order valence-corrected chi connectivity index (χ3v) is 3.05. The van der Waals surface area contributed by atoms with Crippen molar-refractivity contribution in [2.45, 2.75) is 12.8 Å². The van der Waals surface area contributed by atoms with Crippen molar-refractivity contribution < 1.29 is 17.9 Å². The molecule has 100 valence electrons. The van der Waals surface area contributed by atoms with E-state index in [0.29, 0.717) is 12.5 Å². The molecule has 0 aliphatic carbocycles. The van der Waals surface area contributed by atoms with E-state index in [1.54, 1.807) is 12.1 Å². The van der Waals surface area contributed by atoms with Crippen molar-refractivity contribution in [2.75, 3.05) is 24.5 Å². The summed E-state index contributed by atoms with van der Waals surface area (Å²) in [5.41, 5.74) is 6.50. The maximum absolute atomic E-state index is 12.0. The van der Waals surface area contributed by atoms with Crippen LogP contribution in [0.15, 0.2) is 24.3 Å². The lowest BCUT2D eigenvalue weighted by Gasteiger charge is -2.19. The van der Waals surface area contributed by atoms with Gasteiger partial charge in [0.25, 0.3) is 0 Å². The molecule has 1 fully saturated rings. The maximum Gasteiger partial charge on any atom is 0.573 e. The molecule has 0 spiro atoms. The summed E-state index contributed by atoms with van der Waals surface area (Å²) in [5, 5.41) is 0. The molecule has 1 aromatic rings. The van der Waals surface area contributed by atoms with Gasteiger partial charge in [-0.1, -0.05) is 0 Å². The molecular formula is C12H15F3N2O. The zero-order valence-corrected chi connectivity index (χ0v) is 9.78. The summed E-state index contributed by atoms with van der Waals surface area (Å²) < 4.78 is 39.8. The zero-order chi connectivity index (χ0) is 13.2. The average Bonchev–Trinajstić information content (AvgIpc) is 2.76. The highest BCUT2D eigenvalue weighted by molar-refractivity contribution is 5.49. The molecule has 0 amide bonds. The van der Waals surface area contributed by atoms with Crippen LogP contribution in [-0.4, -0.2) is 26.0 Å². The number of nitrogens with zero attached hydrogens (tertiary/aromatic N) is 1. The second kappa shape index (κ2) is 5.06. The van der Waals surface area contributed by atoms with E-state index >= 15 is 0 Å². The van der Waals surface area contributed by atoms with Gasteiger partial charge in [-0.25, -0.2) is 0 Å². The Hall–Kier alpha value is -1.43. The molecule has 0 bridgehead atoms. The Balaban J connectivity index is 2.00. The molecule has 0 aromatic heterocycles. The minimum atomic E-state index is -4.64. The van der Waals surface area contributed by atoms with Crippen molar-refractivity contribution in [1.29, 1.82) is 0 Å². The smallest absolute Gasteiger partial charge is 0.406 e. The first-order chi connectivity index (χ1) is 8.48. The lowest BCUT2D eigenvalue weighted by Crippen LogP contribution is -2.22. The molecule has 0 saturated carbocycles. The molecule has 1 saturated heterocycles. The Kier molecular flexibility index (Phi) is 3.65. The predicted octanol–water partition coefficient (Wildman–Crippen LogP) is 2.37. The summed E-state index contributed by atoms with van der Waals surface area (Å²) in [6.45, 7) is 2.39. The van der Waals surface area contributed by atoms with Gasteiger partial charge in [0.2, 0.25) is 0 Å². The molecule has 1 atom stereocenters. The van der Waals surface area contributed by atoms with E-state index in [9.17, 15) is 13.2 Å². The van der Waals surface area contributed by atoms with Crippen molar-refractivity contribution in [2.24, 2.45) is 11.7 Å². The highest BCUT2D eigenvalue weighted by Crippen LogP contribution is 2.27. The number of benzene rings is 1. The van der Waals surface area contributed by atoms with Crippen LogP contribution in [0.4, 0.5) is 18.9 Å². The maximum atomic E-state index is 12.0. The van der Waals surface area contributed by atoms with Crippen molar-refractivity contribution in [1.82, 2.24) is 0 Å². The van der Waals surface area contributed by atoms with Crippen molar-refractivity contribution in [3.63, 3.8) is 0 Å². The van der Waals surface area contributed by atoms with Crippen LogP contribution in [0.5, 0.6) is 5.75 Å². The van der Waals surface area contributed by atoms with Gasteiger partial charge < -0.3 is 15.4 Å². The first-order valence-electron chi connectivity index (χ1n) is 5.79. The Morgan fingerprint density at radius 3 is 2.44 bits per heavy atom. The third-order valence-electron chi connectivity index (χ3n) is 3.05. The molecule has 2 rings (SSSR count). The van der Waals surface area contributed by atoms with E-state index < -0.39 is 6.36 Å². The monoisotopic (exact) mass is 260 g/mol. The van der Waals surface area contributed by atoms with Crippen molar-refractivity contribution in [3.05, 3.63) is 24.3 Å². The van der Waals surface area contributed by atoms with Crippen LogP contribution in [0.25, 0.3) is 0 Å². The van der Waals surface area contributed by atoms with Crippen LogP contribution in [0, 0.1) is 5.92 Å². The lowest BCUT2D eigenvalue weighted by molar-refractivity contribution is -0.274. The molecule has 18 heavy (non-hydrogen) atoms. The number of hydrogen-bond donors (Lipinski definition) is 1. The van der Waals surface area contributed by atoms with Gasteiger partial charge in [-0.05, 0) is 43.1 Å². The van der Waals surface area contributed by atoms with Gasteiger partial charge in [0.05, 0.1) is 0 Å². The quantitative estimate of drug-likeness (QED) is 0.906. The summed E-state index contributed by atoms with van der Waals surface area (Å²) >= 11 is 0. The third kappa shape index (κ3) is 3.29. The van der Waals surface area contributed by atoms with E-state index in [-0.39, 0.29) is 5.75 Å². The first kappa shape index (κ1) is 13.0. The molecule has 0 unspecified atom stereocenters. The second-order valence-corrected chi connectivity index (χ2v) is 4.38. The van der Waals surface area contributed by atoms with Crippen LogP contribution in [-0.2, 0) is 0 Å². The van der Waals surface area contributed by atoms with Gasteiger partial charge in [0.1, 0.15) is 5.75 Å². The fourth-order valence-electron chi connectivity index (χ4n) is 2.12. The molecular weight excluding hydrogens is 245 g/mol. The van der Waals surface area contributed by atoms with Crippen molar-refractivity contribution in [3.8, 4) is 5.75 Å². The van der Waals surface area contributed by atoms with E-state index in [4.69, 9.17) is 5.73 Å². The van der Waals surface area contributed by atoms with Gasteiger partial charge in [-0.2, -0.15) is 0 Å². The average molecular weight is 260 g/mol. The fraction of sp³-hybridized carbons (Fsp3) is 0.500. The number of nitrogens with two attached hydrogens (primary N) is 1. The Labute approximate surface area is 103 Å². The van der Waals surface area contributed by atoms with Crippen LogP contribution in [0.3, 0.4) is 0 Å². The molecule has 3 nitrogen and oxygen atoms in total. The normalized spacial score (nSPS) is 20.2. The summed E-state index contributed by atoms with van der Waals surface area (Å²) in [7, 11) is 0. The summed E-state index contributed by atoms with van der Waals surface area (Å²) in [6, 6.07) is 5.94. The van der Waals surface area contributed by atoms with Gasteiger partial charge in [-0.3, -0.25) is 0 Å². The van der Waals surface area contributed by atoms with Crippen LogP contribution in [0.1, 0.15) is 6.42 Å². The number of rotatable bonds is 3. The molecule has 0 radical (unpaired) electrons. The van der Waals surface area contributed by atoms with Crippen molar-refractivity contribution >= 4 is 5.69 Å². The van der Waals surface area contributed by atoms with E-state index in [2.05, 4.69) is 9.64 Å². The Morgan fingerprint density at radius 1 is 1.28 bits per heavy atom. The van der Waals surface area contributed by atoms with Crippen LogP contribution in [0.2, 0.25) is 0 Å². The number of ether oxygens (including phenoxy) is 1. The van der Waals surface area contributed by atoms with Gasteiger partial charge in [-0.15, -0.1) is 13.2 Å². The second-order valence-electron chi connectivity index (χ2n) is 4.38. The SMILES string of the molecule is NC[C@H]1CCN(c2ccc(OC(F)(F)F)cc2)C1. The summed E-state index contributed by atoms with van der Waals surface area (Å²) in [6.07, 6.45) is -3.61. The predicted molar refractivity (Wildman–Crippen MR) is 62.5 cm³/mol. The number of halogens is 3. The first-order valence-corrected chi connectivity index (χ1v) is 5.79. The van der Waals surface area contributed by atoms with Gasteiger partial charge >= 0.3 is 6.36 Å². The number of anilines is 1. The highest BCUT2D eigenvalue weighted by atomic mass is 19.4. The molecule has 1 aliphatic heterocycles. The Morgan fingerprint density at radius 2 is 1.94 bits per heavy atom. The fourth-order valence-corrected chi connectivity index (χ4v) is 2.12. The van der Waals surface area contributed by atoms with Crippen LogP contribution >= 0.6 is 0 Å². The zero-order valence-electron chi connectivity index (χ0n) is 9.78. The number of hydrogen-bond acceptors (Lipinski definition) is 3. The summed E-state index contributed by atoms with van der Waals surface area (Å²) in [5.74, 6) is 0.275. The van der Waals surface area contributed by atoms with Crippen LogP contribution < -0.4 is 15.4 Å². The van der Waals surface area contributed by atoms with E-state index in [0.717, 1.165) is 25.2 Å². The molecule has 2 N–H and O–H groups in total. The van der Waals surface area contributed by atoms with Gasteiger partial charge in [0.15, 0.2) is 0 Å². The lowest BCUT2D eigenvalue weighted by atomic mass is 10.1. The standard InChI is InChI=1S/C12H15F3N2O/c13-12(14,15)18-11-3-1-10(2-4-11)17-6-5-9(7-16)8-17/h1-4,9H,5-8,16H2/t9-/m1/s1. The summed E-state index contributed by atoms with van der Waals surface area (Å²) in [4.78, 5) is 2.12. The molecule has 1 aliphatic rings. The molecule has 1 heterocycles. The molecule has 6 heteroatoms. The minimum absolute atomic E-state index is 0.194. The highest BCUT2D eigenvalue weighted by Gasteiger charge is 2.31. The van der Waals surface area contributed by atoms with E-state index in [1.165, 1.54) is 12.1 Å². The minimum Gasteiger partial charge on any atom is -0.406 e. The molecule has 1 aromatic carbocycles. The Bertz CT molecular complexity index is 391. The van der Waals surface area contributed by atoms with E-state index in [1.807, 2.05) is 0 Å². The van der Waals surface area contributed by atoms with Gasteiger partial charge in [0, 0.05) is 18.8 Å². The topological polar surface area (TPSA) is 38.5 Å².